The van der Waals surface area contributed by atoms with Gasteiger partial charge in [0.05, 0.1) is 13.2 Å². The zero-order chi connectivity index (χ0) is 15.5. The number of hydrazine groups is 1. The summed E-state index contributed by atoms with van der Waals surface area (Å²) in [4.78, 5) is 10.9. The number of nitrogens with zero attached hydrogens (tertiary/aromatic N) is 4. The summed E-state index contributed by atoms with van der Waals surface area (Å²) in [5.74, 6) is 2.23. The smallest absolute Gasteiger partial charge is 0.199 e. The van der Waals surface area contributed by atoms with Crippen molar-refractivity contribution in [2.45, 2.75) is 6.17 Å². The van der Waals surface area contributed by atoms with E-state index in [1.165, 1.54) is 0 Å². The van der Waals surface area contributed by atoms with Crippen LogP contribution in [0.4, 0.5) is 0 Å². The van der Waals surface area contributed by atoms with Crippen LogP contribution in [0.5, 0.6) is 0 Å². The molecule has 1 atom stereocenters. The van der Waals surface area contributed by atoms with Gasteiger partial charge in [-0.2, -0.15) is 0 Å². The molecule has 1 fully saturated rings. The lowest BCUT2D eigenvalue weighted by Gasteiger charge is -2.40. The van der Waals surface area contributed by atoms with Gasteiger partial charge in [0.25, 0.3) is 0 Å². The molecule has 0 aromatic heterocycles. The summed E-state index contributed by atoms with van der Waals surface area (Å²) in [6, 6.07) is 0. The Morgan fingerprint density at radius 1 is 1.50 bits per heavy atom. The summed E-state index contributed by atoms with van der Waals surface area (Å²) in [7, 11) is -0.731. The number of aliphatic hydroxyl groups excluding tert-OH is 1. The van der Waals surface area contributed by atoms with Crippen LogP contribution in [0.2, 0.25) is 0 Å². The molecule has 0 aliphatic carbocycles. The van der Waals surface area contributed by atoms with E-state index in [4.69, 9.17) is 16.7 Å². The van der Waals surface area contributed by atoms with Crippen molar-refractivity contribution in [1.29, 1.82) is 0 Å². The Kier molecular flexibility index (Phi) is 4.97. The van der Waals surface area contributed by atoms with Gasteiger partial charge in [0, 0.05) is 47.5 Å². The van der Waals surface area contributed by atoms with Crippen molar-refractivity contribution in [1.82, 2.24) is 20.7 Å². The summed E-state index contributed by atoms with van der Waals surface area (Å²) >= 11 is 6.15. The lowest BCUT2D eigenvalue weighted by molar-refractivity contribution is 0.207. The highest BCUT2D eigenvalue weighted by Gasteiger charge is 2.33. The van der Waals surface area contributed by atoms with Crippen molar-refractivity contribution in [2.75, 3.05) is 44.3 Å². The Bertz CT molecular complexity index is 542. The second kappa shape index (κ2) is 6.95. The van der Waals surface area contributed by atoms with Gasteiger partial charge < -0.3 is 15.3 Å². The van der Waals surface area contributed by atoms with Gasteiger partial charge in [0.1, 0.15) is 12.2 Å². The van der Waals surface area contributed by atoms with E-state index in [1.807, 2.05) is 0 Å². The molecule has 8 nitrogen and oxygen atoms in total. The molecule has 0 bridgehead atoms. The number of nitrogens with one attached hydrogen (secondary N) is 2. The summed E-state index contributed by atoms with van der Waals surface area (Å²) in [6.07, 6.45) is 1.39. The third-order valence-electron chi connectivity index (χ3n) is 3.70. The van der Waals surface area contributed by atoms with Crippen LogP contribution >= 0.6 is 11.6 Å². The molecule has 22 heavy (non-hydrogen) atoms. The van der Waals surface area contributed by atoms with E-state index in [2.05, 4.69) is 25.6 Å². The zero-order valence-electron chi connectivity index (χ0n) is 12.0. The topological polar surface area (TPSA) is 92.6 Å². The summed E-state index contributed by atoms with van der Waals surface area (Å²) in [5.41, 5.74) is 4.08. The van der Waals surface area contributed by atoms with Gasteiger partial charge in [-0.15, -0.1) is 0 Å². The van der Waals surface area contributed by atoms with E-state index in [9.17, 15) is 4.21 Å². The summed E-state index contributed by atoms with van der Waals surface area (Å²) < 4.78 is 11.5. The number of fused-ring (bicyclic) bond motifs is 1. The zero-order valence-corrected chi connectivity index (χ0v) is 13.6. The SMILES string of the molecule is O=S1CCN(C2=C3CN=CN(NCCO)C3N=C(Cl)N2)CC1. The fraction of sp³-hybridized carbons (Fsp3) is 0.667. The van der Waals surface area contributed by atoms with Gasteiger partial charge in [0.2, 0.25) is 0 Å². The average molecular weight is 347 g/mol. The molecule has 10 heteroatoms. The first-order valence-corrected chi connectivity index (χ1v) is 9.01. The first-order valence-electron chi connectivity index (χ1n) is 7.15. The lowest BCUT2D eigenvalue weighted by Crippen LogP contribution is -2.54. The van der Waals surface area contributed by atoms with E-state index < -0.39 is 10.8 Å². The van der Waals surface area contributed by atoms with Crippen LogP contribution in [0.1, 0.15) is 0 Å². The maximum atomic E-state index is 11.5. The third-order valence-corrected chi connectivity index (χ3v) is 5.17. The van der Waals surface area contributed by atoms with Gasteiger partial charge in [-0.25, -0.2) is 10.4 Å². The monoisotopic (exact) mass is 346 g/mol. The summed E-state index contributed by atoms with van der Waals surface area (Å²) in [5, 5.41) is 14.2. The standard InChI is InChI=1S/C12H19ClN6O2S/c13-12-16-10(18-2-5-22(21)6-3-18)9-7-14-8-19(11(9)17-12)15-1-4-20/h8,11,15,20H,1-7H2,(H,16,17). The van der Waals surface area contributed by atoms with Gasteiger partial charge in [-0.05, 0) is 11.6 Å². The molecule has 1 unspecified atom stereocenters. The van der Waals surface area contributed by atoms with Gasteiger partial charge in [-0.1, -0.05) is 0 Å². The normalized spacial score (nSPS) is 25.9. The van der Waals surface area contributed by atoms with Crippen molar-refractivity contribution in [3.63, 3.8) is 0 Å². The molecule has 3 aliphatic rings. The van der Waals surface area contributed by atoms with Crippen LogP contribution in [0.15, 0.2) is 21.4 Å². The van der Waals surface area contributed by atoms with Crippen LogP contribution in [0, 0.1) is 0 Å². The number of hydrogen-bond acceptors (Lipinski definition) is 8. The van der Waals surface area contributed by atoms with Crippen molar-refractivity contribution >= 4 is 34.0 Å². The number of aliphatic hydroxyl groups is 1. The van der Waals surface area contributed by atoms with Crippen LogP contribution in [-0.2, 0) is 10.8 Å². The Balaban J connectivity index is 1.84. The average Bonchev–Trinajstić information content (AvgIpc) is 2.53. The van der Waals surface area contributed by atoms with Crippen LogP contribution in [-0.4, -0.2) is 81.3 Å². The molecule has 3 N–H and O–H groups in total. The summed E-state index contributed by atoms with van der Waals surface area (Å²) in [6.45, 7) is 2.43. The number of halogens is 1. The molecule has 3 rings (SSSR count). The minimum atomic E-state index is -0.731. The van der Waals surface area contributed by atoms with Crippen molar-refractivity contribution in [3.05, 3.63) is 11.4 Å². The molecule has 3 heterocycles. The lowest BCUT2D eigenvalue weighted by atomic mass is 10.1. The second-order valence-corrected chi connectivity index (χ2v) is 7.18. The second-order valence-electron chi connectivity index (χ2n) is 5.12. The molecule has 3 aliphatic heterocycles. The molecule has 0 radical (unpaired) electrons. The molecule has 0 amide bonds. The van der Waals surface area contributed by atoms with E-state index in [0.717, 1.165) is 24.5 Å². The highest BCUT2D eigenvalue weighted by molar-refractivity contribution is 7.85. The first kappa shape index (κ1) is 15.7. The Morgan fingerprint density at radius 2 is 2.27 bits per heavy atom. The molecular formula is C12H19ClN6O2S. The molecule has 0 aromatic rings. The quantitative estimate of drug-likeness (QED) is 0.544. The minimum absolute atomic E-state index is 0.0244. The fourth-order valence-corrected chi connectivity index (χ4v) is 3.88. The van der Waals surface area contributed by atoms with Crippen LogP contribution in [0.3, 0.4) is 0 Å². The van der Waals surface area contributed by atoms with E-state index in [0.29, 0.717) is 29.9 Å². The van der Waals surface area contributed by atoms with Crippen LogP contribution in [0.25, 0.3) is 0 Å². The minimum Gasteiger partial charge on any atom is -0.395 e. The Hall–Kier alpha value is -1.16. The van der Waals surface area contributed by atoms with E-state index in [-0.39, 0.29) is 12.8 Å². The Labute approximate surface area is 136 Å². The molecule has 1 saturated heterocycles. The maximum absolute atomic E-state index is 11.5. The van der Waals surface area contributed by atoms with Gasteiger partial charge in [0.15, 0.2) is 11.5 Å². The number of hydrogen-bond donors (Lipinski definition) is 3. The third kappa shape index (κ3) is 3.27. The number of aliphatic imine (C=N–C) groups is 2. The molecule has 0 spiro atoms. The predicted molar refractivity (Wildman–Crippen MR) is 87.0 cm³/mol. The largest absolute Gasteiger partial charge is 0.395 e. The molecule has 122 valence electrons. The first-order chi connectivity index (χ1) is 10.7. The van der Waals surface area contributed by atoms with E-state index in [1.54, 1.807) is 11.3 Å². The number of rotatable bonds is 4. The molecule has 0 aromatic carbocycles. The molecule has 0 saturated carbocycles. The highest BCUT2D eigenvalue weighted by Crippen LogP contribution is 2.24. The van der Waals surface area contributed by atoms with Gasteiger partial charge >= 0.3 is 0 Å². The van der Waals surface area contributed by atoms with Crippen LogP contribution < -0.4 is 10.7 Å². The predicted octanol–water partition coefficient (Wildman–Crippen LogP) is -1.37. The number of amidine groups is 1. The Morgan fingerprint density at radius 3 is 3.00 bits per heavy atom. The van der Waals surface area contributed by atoms with Gasteiger partial charge in [-0.3, -0.25) is 14.2 Å². The molecular weight excluding hydrogens is 328 g/mol. The fourth-order valence-electron chi connectivity index (χ4n) is 2.64. The highest BCUT2D eigenvalue weighted by atomic mass is 35.5. The van der Waals surface area contributed by atoms with E-state index >= 15 is 0 Å². The maximum Gasteiger partial charge on any atom is 0.199 e. The van der Waals surface area contributed by atoms with Crippen molar-refractivity contribution in [2.24, 2.45) is 9.98 Å². The van der Waals surface area contributed by atoms with Crippen molar-refractivity contribution in [3.8, 4) is 0 Å². The van der Waals surface area contributed by atoms with Crippen molar-refractivity contribution < 1.29 is 9.32 Å².